The van der Waals surface area contributed by atoms with Crippen LogP contribution in [0.2, 0.25) is 0 Å². The highest BCUT2D eigenvalue weighted by atomic mass is 16.5. The van der Waals surface area contributed by atoms with Crippen LogP contribution in [0.5, 0.6) is 0 Å². The van der Waals surface area contributed by atoms with Crippen molar-refractivity contribution in [2.45, 2.75) is 26.3 Å². The van der Waals surface area contributed by atoms with E-state index in [-0.39, 0.29) is 6.04 Å². The van der Waals surface area contributed by atoms with Crippen molar-refractivity contribution >= 4 is 0 Å². The number of hydrogen-bond donors (Lipinski definition) is 1. The van der Waals surface area contributed by atoms with Crippen molar-refractivity contribution < 1.29 is 5.21 Å². The zero-order valence-corrected chi connectivity index (χ0v) is 8.77. The molecule has 1 aromatic rings. The topological polar surface area (TPSA) is 23.5 Å². The van der Waals surface area contributed by atoms with Crippen molar-refractivity contribution in [2.75, 3.05) is 6.54 Å². The van der Waals surface area contributed by atoms with Crippen LogP contribution in [-0.2, 0) is 6.42 Å². The summed E-state index contributed by atoms with van der Waals surface area (Å²) in [5.41, 5.74) is 2.67. The van der Waals surface area contributed by atoms with Gasteiger partial charge in [0.1, 0.15) is 0 Å². The summed E-state index contributed by atoms with van der Waals surface area (Å²) in [7, 11) is 0. The van der Waals surface area contributed by atoms with Crippen molar-refractivity contribution in [3.8, 4) is 0 Å². The SMILES string of the molecule is CC(C)[C@H]1c2ccccc2CCN1O. The van der Waals surface area contributed by atoms with E-state index in [9.17, 15) is 5.21 Å². The Balaban J connectivity index is 2.41. The lowest BCUT2D eigenvalue weighted by molar-refractivity contribution is -0.145. The Labute approximate surface area is 85.1 Å². The third-order valence-electron chi connectivity index (χ3n) is 2.94. The maximum Gasteiger partial charge on any atom is 0.0625 e. The highest BCUT2D eigenvalue weighted by Gasteiger charge is 2.28. The lowest BCUT2D eigenvalue weighted by atomic mass is 9.88. The smallest absolute Gasteiger partial charge is 0.0625 e. The first-order valence-electron chi connectivity index (χ1n) is 5.23. The normalized spacial score (nSPS) is 22.4. The minimum atomic E-state index is 0.167. The van der Waals surface area contributed by atoms with E-state index in [2.05, 4.69) is 32.0 Å². The fraction of sp³-hybridized carbons (Fsp3) is 0.500. The van der Waals surface area contributed by atoms with Crippen LogP contribution in [0.25, 0.3) is 0 Å². The van der Waals surface area contributed by atoms with Crippen molar-refractivity contribution in [3.05, 3.63) is 35.4 Å². The predicted molar refractivity (Wildman–Crippen MR) is 56.2 cm³/mol. The molecule has 0 fully saturated rings. The van der Waals surface area contributed by atoms with Gasteiger partial charge in [-0.25, -0.2) is 0 Å². The van der Waals surface area contributed by atoms with Crippen LogP contribution in [0.15, 0.2) is 24.3 Å². The molecule has 14 heavy (non-hydrogen) atoms. The first-order chi connectivity index (χ1) is 6.70. The van der Waals surface area contributed by atoms with Gasteiger partial charge in [-0.1, -0.05) is 38.1 Å². The van der Waals surface area contributed by atoms with Gasteiger partial charge in [0, 0.05) is 6.54 Å². The molecule has 0 spiro atoms. The number of rotatable bonds is 1. The molecule has 0 bridgehead atoms. The van der Waals surface area contributed by atoms with Crippen LogP contribution in [0.3, 0.4) is 0 Å². The first kappa shape index (κ1) is 9.69. The van der Waals surface area contributed by atoms with E-state index in [1.165, 1.54) is 16.2 Å². The molecule has 1 aliphatic rings. The van der Waals surface area contributed by atoms with Crippen LogP contribution in [0.1, 0.15) is 31.0 Å². The average molecular weight is 191 g/mol. The van der Waals surface area contributed by atoms with Gasteiger partial charge in [-0.05, 0) is 23.5 Å². The largest absolute Gasteiger partial charge is 0.313 e. The maximum atomic E-state index is 9.82. The second kappa shape index (κ2) is 3.71. The van der Waals surface area contributed by atoms with Gasteiger partial charge in [-0.2, -0.15) is 5.06 Å². The molecule has 0 amide bonds. The molecule has 2 nitrogen and oxygen atoms in total. The maximum absolute atomic E-state index is 9.82. The molecule has 1 atom stereocenters. The highest BCUT2D eigenvalue weighted by Crippen LogP contribution is 2.33. The molecule has 0 radical (unpaired) electrons. The summed E-state index contributed by atoms with van der Waals surface area (Å²) < 4.78 is 0. The Morgan fingerprint density at radius 3 is 2.79 bits per heavy atom. The van der Waals surface area contributed by atoms with Gasteiger partial charge in [0.25, 0.3) is 0 Å². The molecule has 1 aliphatic heterocycles. The molecule has 0 saturated carbocycles. The minimum Gasteiger partial charge on any atom is -0.313 e. The molecule has 1 aromatic carbocycles. The molecule has 1 heterocycles. The average Bonchev–Trinajstić information content (AvgIpc) is 2.17. The van der Waals surface area contributed by atoms with Gasteiger partial charge in [0.15, 0.2) is 0 Å². The van der Waals surface area contributed by atoms with Gasteiger partial charge in [0.05, 0.1) is 6.04 Å². The van der Waals surface area contributed by atoms with Crippen LogP contribution in [0, 0.1) is 5.92 Å². The lowest BCUT2D eigenvalue weighted by Gasteiger charge is -2.35. The van der Waals surface area contributed by atoms with Crippen LogP contribution in [-0.4, -0.2) is 16.8 Å². The Morgan fingerprint density at radius 1 is 1.36 bits per heavy atom. The Hall–Kier alpha value is -0.860. The lowest BCUT2D eigenvalue weighted by Crippen LogP contribution is -2.35. The van der Waals surface area contributed by atoms with Gasteiger partial charge in [-0.3, -0.25) is 0 Å². The summed E-state index contributed by atoms with van der Waals surface area (Å²) in [5, 5.41) is 11.3. The van der Waals surface area contributed by atoms with E-state index < -0.39 is 0 Å². The molecule has 76 valence electrons. The summed E-state index contributed by atoms with van der Waals surface area (Å²) in [6.45, 7) is 5.05. The third kappa shape index (κ3) is 1.56. The molecule has 0 aromatic heterocycles. The van der Waals surface area contributed by atoms with E-state index in [0.717, 1.165) is 13.0 Å². The fourth-order valence-corrected chi connectivity index (χ4v) is 2.29. The van der Waals surface area contributed by atoms with E-state index in [1.807, 2.05) is 6.07 Å². The second-order valence-corrected chi connectivity index (χ2v) is 4.30. The molecular formula is C12H17NO. The van der Waals surface area contributed by atoms with Crippen LogP contribution >= 0.6 is 0 Å². The Morgan fingerprint density at radius 2 is 2.07 bits per heavy atom. The van der Waals surface area contributed by atoms with Gasteiger partial charge in [0.2, 0.25) is 0 Å². The van der Waals surface area contributed by atoms with E-state index in [0.29, 0.717) is 5.92 Å². The van der Waals surface area contributed by atoms with E-state index >= 15 is 0 Å². The molecule has 2 heteroatoms. The summed E-state index contributed by atoms with van der Waals surface area (Å²) >= 11 is 0. The number of benzene rings is 1. The summed E-state index contributed by atoms with van der Waals surface area (Å²) in [6, 6.07) is 8.58. The number of fused-ring (bicyclic) bond motifs is 1. The first-order valence-corrected chi connectivity index (χ1v) is 5.23. The number of hydrogen-bond acceptors (Lipinski definition) is 2. The summed E-state index contributed by atoms with van der Waals surface area (Å²) in [6.07, 6.45) is 0.954. The molecular weight excluding hydrogens is 174 g/mol. The Kier molecular flexibility index (Phi) is 2.57. The van der Waals surface area contributed by atoms with E-state index in [4.69, 9.17) is 0 Å². The van der Waals surface area contributed by atoms with Gasteiger partial charge >= 0.3 is 0 Å². The summed E-state index contributed by atoms with van der Waals surface area (Å²) in [4.78, 5) is 0. The van der Waals surface area contributed by atoms with E-state index in [1.54, 1.807) is 0 Å². The molecule has 0 unspecified atom stereocenters. The Bertz CT molecular complexity index is 322. The zero-order valence-electron chi connectivity index (χ0n) is 8.77. The summed E-state index contributed by atoms with van der Waals surface area (Å²) in [5.74, 6) is 0.446. The van der Waals surface area contributed by atoms with Gasteiger partial charge in [-0.15, -0.1) is 0 Å². The molecule has 1 N–H and O–H groups in total. The molecule has 0 aliphatic carbocycles. The van der Waals surface area contributed by atoms with Crippen molar-refractivity contribution in [2.24, 2.45) is 5.92 Å². The quantitative estimate of drug-likeness (QED) is 0.737. The van der Waals surface area contributed by atoms with Crippen molar-refractivity contribution in [1.82, 2.24) is 5.06 Å². The third-order valence-corrected chi connectivity index (χ3v) is 2.94. The number of nitrogens with zero attached hydrogens (tertiary/aromatic N) is 1. The molecule has 0 saturated heterocycles. The predicted octanol–water partition coefficient (Wildman–Crippen LogP) is 2.63. The van der Waals surface area contributed by atoms with Crippen molar-refractivity contribution in [1.29, 1.82) is 0 Å². The standard InChI is InChI=1S/C12H17NO/c1-9(2)12-11-6-4-3-5-10(11)7-8-13(12)14/h3-6,9,12,14H,7-8H2,1-2H3/t12-/m0/s1. The van der Waals surface area contributed by atoms with Crippen LogP contribution in [0.4, 0.5) is 0 Å². The highest BCUT2D eigenvalue weighted by molar-refractivity contribution is 5.32. The van der Waals surface area contributed by atoms with Gasteiger partial charge < -0.3 is 5.21 Å². The fourth-order valence-electron chi connectivity index (χ4n) is 2.29. The monoisotopic (exact) mass is 191 g/mol. The second-order valence-electron chi connectivity index (χ2n) is 4.30. The molecule has 2 rings (SSSR count). The van der Waals surface area contributed by atoms with Crippen molar-refractivity contribution in [3.63, 3.8) is 0 Å². The number of hydroxylamine groups is 2. The zero-order chi connectivity index (χ0) is 10.1. The van der Waals surface area contributed by atoms with Crippen LogP contribution < -0.4 is 0 Å². The minimum absolute atomic E-state index is 0.167.